The Morgan fingerprint density at radius 3 is 2.00 bits per heavy atom. The van der Waals surface area contributed by atoms with Crippen LogP contribution in [0.4, 0.5) is 0 Å². The van der Waals surface area contributed by atoms with E-state index in [-0.39, 0.29) is 6.15 Å². The first-order chi connectivity index (χ1) is 17.7. The van der Waals surface area contributed by atoms with Gasteiger partial charge in [-0.3, -0.25) is 4.90 Å². The van der Waals surface area contributed by atoms with Gasteiger partial charge in [-0.1, -0.05) is 24.3 Å². The van der Waals surface area contributed by atoms with E-state index in [4.69, 9.17) is 33.1 Å². The fraction of sp³-hybridized carbons (Fsp3) is 0.464. The van der Waals surface area contributed by atoms with Gasteiger partial charge in [0.25, 0.3) is 0 Å². The van der Waals surface area contributed by atoms with Gasteiger partial charge in [0.1, 0.15) is 30.5 Å². The number of rotatable bonds is 14. The van der Waals surface area contributed by atoms with Crippen molar-refractivity contribution < 1.29 is 28.1 Å². The van der Waals surface area contributed by atoms with Crippen LogP contribution in [0.2, 0.25) is 0 Å². The van der Waals surface area contributed by atoms with E-state index in [9.17, 15) is 0 Å². The third kappa shape index (κ3) is 9.14. The van der Waals surface area contributed by atoms with Crippen LogP contribution in [0.5, 0.6) is 11.5 Å². The van der Waals surface area contributed by atoms with Crippen LogP contribution in [-0.2, 0) is 33.6 Å². The second-order valence-corrected chi connectivity index (χ2v) is 8.70. The molecule has 0 aliphatic carbocycles. The quantitative estimate of drug-likeness (QED) is 0.321. The maximum atomic E-state index is 6.35. The molecule has 0 unspecified atom stereocenters. The van der Waals surface area contributed by atoms with Crippen molar-refractivity contribution in [2.45, 2.75) is 19.4 Å². The van der Waals surface area contributed by atoms with Crippen molar-refractivity contribution in [1.82, 2.24) is 16.0 Å². The number of ether oxygens (including phenoxy) is 5. The maximum absolute atomic E-state index is 6.35. The van der Waals surface area contributed by atoms with Crippen molar-refractivity contribution in [2.24, 2.45) is 0 Å². The minimum Gasteiger partial charge on any atom is -0.491 e. The predicted octanol–water partition coefficient (Wildman–Crippen LogP) is 3.90. The average Bonchev–Trinajstić information content (AvgIpc) is 3.25. The molecule has 0 atom stereocenters. The molecule has 1 fully saturated rings. The van der Waals surface area contributed by atoms with Gasteiger partial charge in [-0.15, -0.1) is 0 Å². The highest BCUT2D eigenvalue weighted by molar-refractivity contribution is 5.33. The molecule has 0 bridgehead atoms. The summed E-state index contributed by atoms with van der Waals surface area (Å²) in [6.45, 7) is 6.16. The van der Waals surface area contributed by atoms with Crippen LogP contribution in [0.15, 0.2) is 52.9 Å². The number of benzene rings is 2. The normalized spacial score (nSPS) is 13.8. The zero-order valence-corrected chi connectivity index (χ0v) is 21.9. The molecule has 0 amide bonds. The molecule has 202 valence electrons. The summed E-state index contributed by atoms with van der Waals surface area (Å²) in [7, 11) is 3.33. The molecule has 2 aromatic carbocycles. The van der Waals surface area contributed by atoms with E-state index in [0.29, 0.717) is 45.2 Å². The van der Waals surface area contributed by atoms with Gasteiger partial charge in [-0.2, -0.15) is 0 Å². The Balaban J connectivity index is 0.00000380. The molecule has 1 aliphatic heterocycles. The average molecular weight is 514 g/mol. The second kappa shape index (κ2) is 15.3. The summed E-state index contributed by atoms with van der Waals surface area (Å²) >= 11 is 0. The van der Waals surface area contributed by atoms with Crippen LogP contribution in [0.1, 0.15) is 28.5 Å². The first-order valence-corrected chi connectivity index (χ1v) is 12.4. The monoisotopic (exact) mass is 513 g/mol. The standard InChI is InChI=1S/C28H36N2O6.H3N/c1-31-13-15-34-24-7-3-5-22(17-24)19-27-26(21-30-9-11-33-12-10-30)29-28(36-27)20-23-6-4-8-25(18-23)35-16-14-32-2;/h3-8,17-18H,9-16,19-21H2,1-2H3;1H3. The minimum absolute atomic E-state index is 0. The lowest BCUT2D eigenvalue weighted by Gasteiger charge is -2.25. The molecule has 2 heterocycles. The molecule has 1 aliphatic rings. The summed E-state index contributed by atoms with van der Waals surface area (Å²) in [5.41, 5.74) is 3.18. The molecule has 1 saturated heterocycles. The Kier molecular flexibility index (Phi) is 11.9. The van der Waals surface area contributed by atoms with Gasteiger partial charge >= 0.3 is 0 Å². The van der Waals surface area contributed by atoms with Crippen LogP contribution in [0, 0.1) is 0 Å². The van der Waals surface area contributed by atoms with E-state index in [0.717, 1.165) is 66.9 Å². The summed E-state index contributed by atoms with van der Waals surface area (Å²) in [6, 6.07) is 16.1. The fourth-order valence-electron chi connectivity index (χ4n) is 4.08. The first kappa shape index (κ1) is 28.6. The van der Waals surface area contributed by atoms with Crippen molar-refractivity contribution in [1.29, 1.82) is 0 Å². The molecular weight excluding hydrogens is 474 g/mol. The summed E-state index contributed by atoms with van der Waals surface area (Å²) in [6.07, 6.45) is 1.24. The number of hydrogen-bond donors (Lipinski definition) is 1. The molecule has 0 spiro atoms. The minimum atomic E-state index is 0. The maximum Gasteiger partial charge on any atom is 0.199 e. The van der Waals surface area contributed by atoms with Crippen LogP contribution >= 0.6 is 0 Å². The van der Waals surface area contributed by atoms with E-state index in [1.165, 1.54) is 0 Å². The van der Waals surface area contributed by atoms with Crippen molar-refractivity contribution in [3.63, 3.8) is 0 Å². The zero-order valence-electron chi connectivity index (χ0n) is 21.9. The molecule has 4 rings (SSSR count). The van der Waals surface area contributed by atoms with Gasteiger partial charge in [0.2, 0.25) is 0 Å². The summed E-state index contributed by atoms with van der Waals surface area (Å²) in [5, 5.41) is 0. The van der Waals surface area contributed by atoms with Crippen molar-refractivity contribution in [2.75, 3.05) is 67.0 Å². The van der Waals surface area contributed by atoms with Gasteiger partial charge in [0.05, 0.1) is 32.1 Å². The molecule has 3 N–H and O–H groups in total. The first-order valence-electron chi connectivity index (χ1n) is 12.4. The number of hydrogen-bond acceptors (Lipinski definition) is 9. The van der Waals surface area contributed by atoms with E-state index >= 15 is 0 Å². The molecule has 1 aromatic heterocycles. The third-order valence-corrected chi connectivity index (χ3v) is 5.93. The van der Waals surface area contributed by atoms with Crippen LogP contribution < -0.4 is 15.6 Å². The smallest absolute Gasteiger partial charge is 0.199 e. The molecular formula is C28H39N3O6. The number of morpholine rings is 1. The lowest BCUT2D eigenvalue weighted by Crippen LogP contribution is -2.36. The van der Waals surface area contributed by atoms with Gasteiger partial charge in [-0.25, -0.2) is 4.98 Å². The Labute approximate surface area is 219 Å². The molecule has 9 nitrogen and oxygen atoms in total. The molecule has 9 heteroatoms. The van der Waals surface area contributed by atoms with E-state index in [2.05, 4.69) is 23.1 Å². The number of nitrogens with zero attached hydrogens (tertiary/aromatic N) is 2. The highest BCUT2D eigenvalue weighted by Gasteiger charge is 2.19. The van der Waals surface area contributed by atoms with Gasteiger partial charge in [-0.05, 0) is 35.4 Å². The largest absolute Gasteiger partial charge is 0.491 e. The molecule has 3 aromatic rings. The Hall–Kier alpha value is -2.95. The topological polar surface area (TPSA) is 110 Å². The van der Waals surface area contributed by atoms with Gasteiger partial charge in [0.15, 0.2) is 5.89 Å². The van der Waals surface area contributed by atoms with Crippen LogP contribution in [-0.4, -0.2) is 76.8 Å². The highest BCUT2D eigenvalue weighted by atomic mass is 16.5. The van der Waals surface area contributed by atoms with Crippen molar-refractivity contribution in [3.8, 4) is 11.5 Å². The van der Waals surface area contributed by atoms with E-state index in [1.54, 1.807) is 14.2 Å². The highest BCUT2D eigenvalue weighted by Crippen LogP contribution is 2.23. The summed E-state index contributed by atoms with van der Waals surface area (Å²) in [5.74, 6) is 3.23. The van der Waals surface area contributed by atoms with E-state index in [1.807, 2.05) is 30.3 Å². The Morgan fingerprint density at radius 1 is 0.811 bits per heavy atom. The number of methoxy groups -OCH3 is 2. The lowest BCUT2D eigenvalue weighted by molar-refractivity contribution is 0.0335. The Bertz CT molecular complexity index is 1070. The van der Waals surface area contributed by atoms with Crippen LogP contribution in [0.3, 0.4) is 0 Å². The molecule has 37 heavy (non-hydrogen) atoms. The number of oxazole rings is 1. The summed E-state index contributed by atoms with van der Waals surface area (Å²) in [4.78, 5) is 7.29. The zero-order chi connectivity index (χ0) is 25.0. The third-order valence-electron chi connectivity index (χ3n) is 5.93. The van der Waals surface area contributed by atoms with E-state index < -0.39 is 0 Å². The predicted molar refractivity (Wildman–Crippen MR) is 141 cm³/mol. The van der Waals surface area contributed by atoms with Gasteiger partial charge < -0.3 is 34.3 Å². The SMILES string of the molecule is COCCOc1cccc(Cc2nc(CN3CCOCC3)c(Cc3cccc(OCCOC)c3)o2)c1.N. The molecule has 0 saturated carbocycles. The Morgan fingerprint density at radius 2 is 1.41 bits per heavy atom. The number of aromatic nitrogens is 1. The summed E-state index contributed by atoms with van der Waals surface area (Å²) < 4.78 is 33.6. The fourth-order valence-corrected chi connectivity index (χ4v) is 4.08. The molecule has 0 radical (unpaired) electrons. The van der Waals surface area contributed by atoms with Gasteiger partial charge in [0, 0.05) is 46.7 Å². The van der Waals surface area contributed by atoms with Crippen molar-refractivity contribution in [3.05, 3.63) is 77.0 Å². The van der Waals surface area contributed by atoms with Crippen molar-refractivity contribution >= 4 is 0 Å². The second-order valence-electron chi connectivity index (χ2n) is 8.70. The lowest BCUT2D eigenvalue weighted by atomic mass is 10.1. The van der Waals surface area contributed by atoms with Crippen LogP contribution in [0.25, 0.3) is 0 Å².